The third-order valence-corrected chi connectivity index (χ3v) is 5.45. The molecule has 0 radical (unpaired) electrons. The molecule has 2 atom stereocenters. The number of ether oxygens (including phenoxy) is 1. The minimum Gasteiger partial charge on any atom is -0.490 e. The van der Waals surface area contributed by atoms with Crippen molar-refractivity contribution in [1.29, 1.82) is 0 Å². The van der Waals surface area contributed by atoms with Gasteiger partial charge in [-0.05, 0) is 51.3 Å². The molecular formula is C20H28BrClN2O2. The van der Waals surface area contributed by atoms with Gasteiger partial charge in [0, 0.05) is 16.2 Å². The van der Waals surface area contributed by atoms with Crippen molar-refractivity contribution < 1.29 is 9.84 Å². The van der Waals surface area contributed by atoms with Gasteiger partial charge in [0.2, 0.25) is 0 Å². The number of hydrogen-bond acceptors (Lipinski definition) is 4. The Morgan fingerprint density at radius 2 is 2.04 bits per heavy atom. The predicted octanol–water partition coefficient (Wildman–Crippen LogP) is 5.47. The van der Waals surface area contributed by atoms with Gasteiger partial charge >= 0.3 is 0 Å². The van der Waals surface area contributed by atoms with E-state index in [0.717, 1.165) is 28.6 Å². The third kappa shape index (κ3) is 4.81. The Hall–Kier alpha value is -1.04. The molecule has 2 unspecified atom stereocenters. The van der Waals surface area contributed by atoms with Crippen molar-refractivity contribution in [3.05, 3.63) is 39.5 Å². The maximum atomic E-state index is 9.99. The van der Waals surface area contributed by atoms with E-state index >= 15 is 0 Å². The van der Waals surface area contributed by atoms with Crippen LogP contribution in [0.4, 0.5) is 5.82 Å². The maximum Gasteiger partial charge on any atom is 0.136 e. The molecule has 2 N–H and O–H groups in total. The molecular weight excluding hydrogens is 416 g/mol. The predicted molar refractivity (Wildman–Crippen MR) is 112 cm³/mol. The highest BCUT2D eigenvalue weighted by Gasteiger charge is 2.35. The summed E-state index contributed by atoms with van der Waals surface area (Å²) < 4.78 is 7.10. The lowest BCUT2D eigenvalue weighted by Crippen LogP contribution is -2.41. The lowest BCUT2D eigenvalue weighted by molar-refractivity contribution is 0.184. The molecule has 26 heavy (non-hydrogen) atoms. The zero-order valence-corrected chi connectivity index (χ0v) is 18.4. The van der Waals surface area contributed by atoms with Gasteiger partial charge in [-0.1, -0.05) is 29.8 Å². The number of halogens is 2. The van der Waals surface area contributed by atoms with Crippen LogP contribution in [0.3, 0.4) is 0 Å². The number of anilines is 1. The van der Waals surface area contributed by atoms with E-state index in [9.17, 15) is 5.11 Å². The van der Waals surface area contributed by atoms with E-state index in [-0.39, 0.29) is 18.8 Å². The summed E-state index contributed by atoms with van der Waals surface area (Å²) in [6, 6.07) is 1.74. The van der Waals surface area contributed by atoms with Crippen LogP contribution >= 0.6 is 27.5 Å². The van der Waals surface area contributed by atoms with Gasteiger partial charge in [-0.15, -0.1) is 11.6 Å². The highest BCUT2D eigenvalue weighted by Crippen LogP contribution is 2.37. The normalized spacial score (nSPS) is 22.9. The summed E-state index contributed by atoms with van der Waals surface area (Å²) in [5.41, 5.74) is 2.58. The molecule has 0 aliphatic heterocycles. The molecule has 0 saturated heterocycles. The van der Waals surface area contributed by atoms with Crippen molar-refractivity contribution in [2.45, 2.75) is 71.1 Å². The Kier molecular flexibility index (Phi) is 7.17. The second-order valence-corrected chi connectivity index (χ2v) is 8.68. The van der Waals surface area contributed by atoms with E-state index in [1.54, 1.807) is 0 Å². The molecule has 1 aromatic heterocycles. The van der Waals surface area contributed by atoms with E-state index in [4.69, 9.17) is 16.3 Å². The molecule has 0 amide bonds. The fourth-order valence-electron chi connectivity index (χ4n) is 3.21. The van der Waals surface area contributed by atoms with Crippen LogP contribution in [0, 0.1) is 6.92 Å². The number of alkyl halides is 1. The first kappa shape index (κ1) is 21.3. The second kappa shape index (κ2) is 8.77. The molecule has 0 fully saturated rings. The van der Waals surface area contributed by atoms with E-state index in [1.165, 1.54) is 0 Å². The van der Waals surface area contributed by atoms with Gasteiger partial charge in [0.25, 0.3) is 0 Å². The Morgan fingerprint density at radius 1 is 1.38 bits per heavy atom. The quantitative estimate of drug-likeness (QED) is 0.549. The minimum absolute atomic E-state index is 0.114. The van der Waals surface area contributed by atoms with E-state index in [1.807, 2.05) is 39.0 Å². The van der Waals surface area contributed by atoms with Crippen LogP contribution in [0.5, 0.6) is 5.75 Å². The monoisotopic (exact) mass is 442 g/mol. The molecule has 1 aliphatic rings. The highest BCUT2D eigenvalue weighted by molar-refractivity contribution is 9.11. The summed E-state index contributed by atoms with van der Waals surface area (Å²) in [7, 11) is 0. The largest absolute Gasteiger partial charge is 0.490 e. The van der Waals surface area contributed by atoms with Gasteiger partial charge in [-0.3, -0.25) is 0 Å². The lowest BCUT2D eigenvalue weighted by Gasteiger charge is -2.35. The van der Waals surface area contributed by atoms with Crippen LogP contribution in [-0.2, 0) is 6.61 Å². The number of hydrogen-bond donors (Lipinski definition) is 2. The number of rotatable bonds is 7. The molecule has 1 heterocycles. The smallest absolute Gasteiger partial charge is 0.136 e. The minimum atomic E-state index is -0.619. The molecule has 1 aromatic rings. The molecule has 6 heteroatoms. The van der Waals surface area contributed by atoms with E-state index in [0.29, 0.717) is 17.1 Å². The number of aromatic nitrogens is 1. The SMILES string of the molecule is CCC(CC)Oc1cc(C)nc(NC2C(C)=CC(Br)=CC2(C)Cl)c1CO. The average molecular weight is 444 g/mol. The van der Waals surface area contributed by atoms with Crippen LogP contribution in [0.15, 0.2) is 28.3 Å². The van der Waals surface area contributed by atoms with Crippen molar-refractivity contribution in [2.75, 3.05) is 5.32 Å². The first-order valence-corrected chi connectivity index (χ1v) is 10.2. The van der Waals surface area contributed by atoms with Crippen molar-refractivity contribution in [1.82, 2.24) is 4.98 Å². The number of aliphatic hydroxyl groups is 1. The topological polar surface area (TPSA) is 54.4 Å². The summed E-state index contributed by atoms with van der Waals surface area (Å²) in [5, 5.41) is 13.4. The van der Waals surface area contributed by atoms with Crippen molar-refractivity contribution in [2.24, 2.45) is 0 Å². The number of aliphatic hydroxyl groups excluding tert-OH is 1. The van der Waals surface area contributed by atoms with Gasteiger partial charge in [0.05, 0.1) is 29.2 Å². The number of aryl methyl sites for hydroxylation is 1. The van der Waals surface area contributed by atoms with Crippen LogP contribution in [-0.4, -0.2) is 27.1 Å². The van der Waals surface area contributed by atoms with Gasteiger partial charge in [-0.2, -0.15) is 0 Å². The molecule has 144 valence electrons. The number of allylic oxidation sites excluding steroid dienone is 2. The number of nitrogens with zero attached hydrogens (tertiary/aromatic N) is 1. The average Bonchev–Trinajstić information content (AvgIpc) is 2.55. The fraction of sp³-hybridized carbons (Fsp3) is 0.550. The molecule has 2 rings (SSSR count). The van der Waals surface area contributed by atoms with Crippen LogP contribution in [0.25, 0.3) is 0 Å². The third-order valence-electron chi connectivity index (χ3n) is 4.66. The first-order chi connectivity index (χ1) is 12.2. The number of pyridine rings is 1. The zero-order chi connectivity index (χ0) is 19.5. The van der Waals surface area contributed by atoms with E-state index < -0.39 is 4.87 Å². The Bertz CT molecular complexity index is 712. The second-order valence-electron chi connectivity index (χ2n) is 6.95. The van der Waals surface area contributed by atoms with E-state index in [2.05, 4.69) is 40.1 Å². The molecule has 0 saturated carbocycles. The Morgan fingerprint density at radius 3 is 2.58 bits per heavy atom. The number of nitrogens with one attached hydrogen (secondary N) is 1. The molecule has 0 bridgehead atoms. The summed E-state index contributed by atoms with van der Waals surface area (Å²) in [4.78, 5) is 3.99. The standard InChI is InChI=1S/C20H28BrClN2O2/c1-6-15(7-2)26-17-9-13(4)23-19(16(17)11-25)24-18-12(3)8-14(21)10-20(18,5)22/h8-10,15,18,25H,6-7,11H2,1-5H3,(H,23,24). The summed E-state index contributed by atoms with van der Waals surface area (Å²) in [5.74, 6) is 1.30. The van der Waals surface area contributed by atoms with Crippen LogP contribution in [0.2, 0.25) is 0 Å². The zero-order valence-electron chi connectivity index (χ0n) is 16.1. The molecule has 0 aromatic carbocycles. The van der Waals surface area contributed by atoms with Gasteiger partial charge in [0.15, 0.2) is 0 Å². The van der Waals surface area contributed by atoms with Gasteiger partial charge < -0.3 is 15.2 Å². The van der Waals surface area contributed by atoms with Gasteiger partial charge in [-0.25, -0.2) is 4.98 Å². The molecule has 0 spiro atoms. The first-order valence-electron chi connectivity index (χ1n) is 9.01. The maximum absolute atomic E-state index is 9.99. The van der Waals surface area contributed by atoms with Crippen molar-refractivity contribution in [3.8, 4) is 5.75 Å². The summed E-state index contributed by atoms with van der Waals surface area (Å²) >= 11 is 10.3. The van der Waals surface area contributed by atoms with Crippen LogP contribution in [0.1, 0.15) is 51.8 Å². The van der Waals surface area contributed by atoms with Crippen molar-refractivity contribution >= 4 is 33.3 Å². The van der Waals surface area contributed by atoms with Crippen molar-refractivity contribution in [3.63, 3.8) is 0 Å². The van der Waals surface area contributed by atoms with Gasteiger partial charge in [0.1, 0.15) is 11.6 Å². The molecule has 4 nitrogen and oxygen atoms in total. The summed E-state index contributed by atoms with van der Waals surface area (Å²) in [6.45, 7) is 9.95. The Labute approximate surface area is 169 Å². The fourth-order valence-corrected chi connectivity index (χ4v) is 4.53. The Balaban J connectivity index is 2.40. The van der Waals surface area contributed by atoms with Crippen LogP contribution < -0.4 is 10.1 Å². The molecule has 1 aliphatic carbocycles. The summed E-state index contributed by atoms with van der Waals surface area (Å²) in [6.07, 6.45) is 5.94. The highest BCUT2D eigenvalue weighted by atomic mass is 79.9. The lowest BCUT2D eigenvalue weighted by atomic mass is 9.89.